The van der Waals surface area contributed by atoms with Crippen molar-refractivity contribution in [1.29, 1.82) is 0 Å². The Labute approximate surface area is 123 Å². The third-order valence-corrected chi connectivity index (χ3v) is 4.99. The van der Waals surface area contributed by atoms with Crippen molar-refractivity contribution in [3.8, 4) is 0 Å². The van der Waals surface area contributed by atoms with Gasteiger partial charge in [0.05, 0.1) is 6.10 Å². The minimum atomic E-state index is 0.483. The lowest BCUT2D eigenvalue weighted by Crippen LogP contribution is -2.48. The first kappa shape index (κ1) is 14.2. The number of piperidine rings is 1. The van der Waals surface area contributed by atoms with Crippen LogP contribution in [0.5, 0.6) is 0 Å². The van der Waals surface area contributed by atoms with Crippen molar-refractivity contribution in [3.05, 3.63) is 0 Å². The summed E-state index contributed by atoms with van der Waals surface area (Å²) < 4.78 is 6.01. The molecule has 0 unspecified atom stereocenters. The highest BCUT2D eigenvalue weighted by molar-refractivity contribution is 5.79. The maximum absolute atomic E-state index is 6.01. The lowest BCUT2D eigenvalue weighted by atomic mass is 9.85. The van der Waals surface area contributed by atoms with Crippen molar-refractivity contribution in [1.82, 2.24) is 10.2 Å². The van der Waals surface area contributed by atoms with Gasteiger partial charge in [-0.2, -0.15) is 0 Å². The molecule has 2 aliphatic carbocycles. The van der Waals surface area contributed by atoms with E-state index in [9.17, 15) is 0 Å². The molecule has 0 spiro atoms. The fourth-order valence-electron chi connectivity index (χ4n) is 3.06. The smallest absolute Gasteiger partial charge is 0.193 e. The monoisotopic (exact) mass is 279 g/mol. The molecule has 4 heteroatoms. The van der Waals surface area contributed by atoms with Gasteiger partial charge < -0.3 is 15.0 Å². The van der Waals surface area contributed by atoms with Crippen molar-refractivity contribution in [2.24, 2.45) is 16.8 Å². The first-order chi connectivity index (χ1) is 9.85. The van der Waals surface area contributed by atoms with Crippen LogP contribution in [0, 0.1) is 11.8 Å². The summed E-state index contributed by atoms with van der Waals surface area (Å²) in [4.78, 5) is 6.84. The molecule has 20 heavy (non-hydrogen) atoms. The van der Waals surface area contributed by atoms with E-state index in [1.165, 1.54) is 32.1 Å². The van der Waals surface area contributed by atoms with Gasteiger partial charge in [0.1, 0.15) is 0 Å². The molecule has 0 aromatic heterocycles. The van der Waals surface area contributed by atoms with Crippen molar-refractivity contribution in [3.63, 3.8) is 0 Å². The first-order valence-corrected chi connectivity index (χ1v) is 8.42. The standard InChI is InChI=1S/C16H29N3O/c1-17-16(18-11-13-3-2-4-13)19-9-7-15(8-10-19)20-12-14-5-6-14/h13-15H,2-12H2,1H3,(H,17,18). The molecule has 1 aliphatic heterocycles. The number of likely N-dealkylation sites (tertiary alicyclic amines) is 1. The summed E-state index contributed by atoms with van der Waals surface area (Å²) in [5, 5.41) is 3.55. The second-order valence-corrected chi connectivity index (χ2v) is 6.69. The van der Waals surface area contributed by atoms with Crippen molar-refractivity contribution in [2.45, 2.75) is 51.0 Å². The van der Waals surface area contributed by atoms with Gasteiger partial charge >= 0.3 is 0 Å². The van der Waals surface area contributed by atoms with Gasteiger partial charge in [-0.25, -0.2) is 0 Å². The molecule has 0 bridgehead atoms. The zero-order valence-corrected chi connectivity index (χ0v) is 12.8. The average Bonchev–Trinajstić information content (AvgIpc) is 3.24. The van der Waals surface area contributed by atoms with E-state index >= 15 is 0 Å². The lowest BCUT2D eigenvalue weighted by molar-refractivity contribution is 0.0130. The van der Waals surface area contributed by atoms with Gasteiger partial charge in [-0.1, -0.05) is 6.42 Å². The molecule has 1 heterocycles. The zero-order valence-electron chi connectivity index (χ0n) is 12.8. The average molecular weight is 279 g/mol. The number of nitrogens with one attached hydrogen (secondary N) is 1. The molecule has 0 aromatic rings. The molecule has 3 fully saturated rings. The summed E-state index contributed by atoms with van der Waals surface area (Å²) in [7, 11) is 1.90. The Kier molecular flexibility index (Phi) is 4.81. The Hall–Kier alpha value is -0.770. The van der Waals surface area contributed by atoms with Gasteiger partial charge in [0.2, 0.25) is 0 Å². The van der Waals surface area contributed by atoms with E-state index in [2.05, 4.69) is 15.2 Å². The largest absolute Gasteiger partial charge is 0.378 e. The van der Waals surface area contributed by atoms with E-state index in [4.69, 9.17) is 4.74 Å². The SMILES string of the molecule is CN=C(NCC1CCC1)N1CCC(OCC2CC2)CC1. The molecule has 1 saturated heterocycles. The van der Waals surface area contributed by atoms with Crippen LogP contribution in [0.25, 0.3) is 0 Å². The summed E-state index contributed by atoms with van der Waals surface area (Å²) in [6.45, 7) is 4.27. The van der Waals surface area contributed by atoms with Gasteiger partial charge in [0, 0.05) is 33.3 Å². The van der Waals surface area contributed by atoms with Crippen LogP contribution in [0.4, 0.5) is 0 Å². The number of guanidine groups is 1. The van der Waals surface area contributed by atoms with Crippen LogP contribution in [0.2, 0.25) is 0 Å². The van der Waals surface area contributed by atoms with E-state index in [-0.39, 0.29) is 0 Å². The molecular weight excluding hydrogens is 250 g/mol. The highest BCUT2D eigenvalue weighted by Crippen LogP contribution is 2.30. The minimum absolute atomic E-state index is 0.483. The van der Waals surface area contributed by atoms with Gasteiger partial charge in [0.15, 0.2) is 5.96 Å². The van der Waals surface area contributed by atoms with E-state index in [1.54, 1.807) is 0 Å². The lowest BCUT2D eigenvalue weighted by Gasteiger charge is -2.35. The van der Waals surface area contributed by atoms with Crippen molar-refractivity contribution < 1.29 is 4.74 Å². The Balaban J connectivity index is 1.36. The van der Waals surface area contributed by atoms with E-state index in [0.29, 0.717) is 6.10 Å². The Bertz CT molecular complexity index is 329. The third kappa shape index (κ3) is 3.87. The highest BCUT2D eigenvalue weighted by atomic mass is 16.5. The molecule has 2 saturated carbocycles. The maximum Gasteiger partial charge on any atom is 0.193 e. The molecular formula is C16H29N3O. The fraction of sp³-hybridized carbons (Fsp3) is 0.938. The molecule has 0 amide bonds. The van der Waals surface area contributed by atoms with Gasteiger partial charge in [-0.15, -0.1) is 0 Å². The van der Waals surface area contributed by atoms with E-state index in [0.717, 1.165) is 56.9 Å². The molecule has 1 N–H and O–H groups in total. The van der Waals surface area contributed by atoms with Crippen molar-refractivity contribution in [2.75, 3.05) is 33.3 Å². The van der Waals surface area contributed by atoms with Gasteiger partial charge in [0.25, 0.3) is 0 Å². The van der Waals surface area contributed by atoms with Crippen LogP contribution in [-0.2, 0) is 4.74 Å². The number of hydrogen-bond donors (Lipinski definition) is 1. The Morgan fingerprint density at radius 1 is 1.10 bits per heavy atom. The summed E-state index contributed by atoms with van der Waals surface area (Å²) in [6.07, 6.45) is 9.74. The molecule has 4 nitrogen and oxygen atoms in total. The second kappa shape index (κ2) is 6.79. The van der Waals surface area contributed by atoms with Gasteiger partial charge in [-0.05, 0) is 50.4 Å². The van der Waals surface area contributed by atoms with Crippen LogP contribution in [-0.4, -0.2) is 50.3 Å². The number of aliphatic imine (C=N–C) groups is 1. The topological polar surface area (TPSA) is 36.9 Å². The third-order valence-electron chi connectivity index (χ3n) is 4.99. The van der Waals surface area contributed by atoms with Crippen molar-refractivity contribution >= 4 is 5.96 Å². The molecule has 3 rings (SSSR count). The summed E-state index contributed by atoms with van der Waals surface area (Å²) >= 11 is 0. The number of nitrogens with zero attached hydrogens (tertiary/aromatic N) is 2. The van der Waals surface area contributed by atoms with Crippen LogP contribution >= 0.6 is 0 Å². The number of ether oxygens (including phenoxy) is 1. The molecule has 0 radical (unpaired) electrons. The van der Waals surface area contributed by atoms with Crippen LogP contribution in [0.1, 0.15) is 44.9 Å². The number of hydrogen-bond acceptors (Lipinski definition) is 2. The molecule has 3 aliphatic rings. The number of rotatable bonds is 5. The maximum atomic E-state index is 6.01. The zero-order chi connectivity index (χ0) is 13.8. The predicted octanol–water partition coefficient (Wildman–Crippen LogP) is 2.25. The quantitative estimate of drug-likeness (QED) is 0.619. The Morgan fingerprint density at radius 2 is 1.85 bits per heavy atom. The van der Waals surface area contributed by atoms with E-state index < -0.39 is 0 Å². The summed E-state index contributed by atoms with van der Waals surface area (Å²) in [5.74, 6) is 2.86. The highest BCUT2D eigenvalue weighted by Gasteiger charge is 2.26. The summed E-state index contributed by atoms with van der Waals surface area (Å²) in [6, 6.07) is 0. The van der Waals surface area contributed by atoms with Crippen LogP contribution < -0.4 is 5.32 Å². The fourth-order valence-corrected chi connectivity index (χ4v) is 3.06. The van der Waals surface area contributed by atoms with Crippen LogP contribution in [0.3, 0.4) is 0 Å². The Morgan fingerprint density at radius 3 is 2.40 bits per heavy atom. The molecule has 0 atom stereocenters. The van der Waals surface area contributed by atoms with E-state index in [1.807, 2.05) is 7.05 Å². The van der Waals surface area contributed by atoms with Crippen LogP contribution in [0.15, 0.2) is 4.99 Å². The normalized spacial score (nSPS) is 25.6. The van der Waals surface area contributed by atoms with Gasteiger partial charge in [-0.3, -0.25) is 4.99 Å². The minimum Gasteiger partial charge on any atom is -0.378 e. The molecule has 114 valence electrons. The molecule has 0 aromatic carbocycles. The summed E-state index contributed by atoms with van der Waals surface area (Å²) in [5.41, 5.74) is 0. The second-order valence-electron chi connectivity index (χ2n) is 6.69. The predicted molar refractivity (Wildman–Crippen MR) is 82.0 cm³/mol. The first-order valence-electron chi connectivity index (χ1n) is 8.42.